The van der Waals surface area contributed by atoms with Crippen LogP contribution in [0.5, 0.6) is 80.5 Å². The van der Waals surface area contributed by atoms with Gasteiger partial charge in [0.1, 0.15) is 11.5 Å². The molecule has 6 aromatic carbocycles. The standard InChI is InChI=1S/C36H26O14S/c37-23-1-13(2-24(38)33(23)47)19-9-17(10-20(31(19)45)14-3-25(39)34(48)26(40)4-14)51-18-11-21(15-5-27(41)35(49)28(42)6-15)32(46)22(12-18)16-7-29(43)36(50)30(44)8-16/h1-12,37-50H. The molecule has 0 unspecified atom stereocenters. The molecule has 0 aliphatic heterocycles. The molecule has 0 aliphatic carbocycles. The summed E-state index contributed by atoms with van der Waals surface area (Å²) >= 11 is 0.967. The number of rotatable bonds is 6. The fourth-order valence-electron chi connectivity index (χ4n) is 5.39. The summed E-state index contributed by atoms with van der Waals surface area (Å²) in [4.78, 5) is 0.569. The first-order valence-electron chi connectivity index (χ1n) is 14.5. The van der Waals surface area contributed by atoms with Gasteiger partial charge in [0.2, 0.25) is 0 Å². The van der Waals surface area contributed by atoms with Crippen LogP contribution in [0.4, 0.5) is 0 Å². The van der Waals surface area contributed by atoms with Crippen molar-refractivity contribution in [3.8, 4) is 125 Å². The van der Waals surface area contributed by atoms with E-state index in [9.17, 15) is 71.5 Å². The maximum atomic E-state index is 11.4. The molecule has 0 saturated heterocycles. The van der Waals surface area contributed by atoms with Gasteiger partial charge in [-0.05, 0) is 95.1 Å². The molecule has 51 heavy (non-hydrogen) atoms. The second-order valence-electron chi connectivity index (χ2n) is 11.3. The summed E-state index contributed by atoms with van der Waals surface area (Å²) in [6.45, 7) is 0. The number of hydrogen-bond acceptors (Lipinski definition) is 15. The third-order valence-electron chi connectivity index (χ3n) is 7.93. The summed E-state index contributed by atoms with van der Waals surface area (Å²) in [6, 6.07) is 14.1. The van der Waals surface area contributed by atoms with E-state index < -0.39 is 80.5 Å². The molecule has 6 aromatic rings. The Balaban J connectivity index is 1.61. The molecular weight excluding hydrogens is 688 g/mol. The first kappa shape index (κ1) is 33.8. The molecule has 0 aliphatic rings. The third-order valence-corrected chi connectivity index (χ3v) is 8.87. The van der Waals surface area contributed by atoms with Crippen molar-refractivity contribution in [1.82, 2.24) is 0 Å². The Morgan fingerprint density at radius 1 is 0.235 bits per heavy atom. The average molecular weight is 715 g/mol. The third kappa shape index (κ3) is 6.04. The first-order chi connectivity index (χ1) is 24.0. The lowest BCUT2D eigenvalue weighted by Gasteiger charge is -2.17. The number of phenols is 14. The minimum atomic E-state index is -0.820. The summed E-state index contributed by atoms with van der Waals surface area (Å²) in [5.74, 6) is -10.0. The molecule has 0 aromatic heterocycles. The van der Waals surface area contributed by atoms with Crippen LogP contribution in [0.3, 0.4) is 0 Å². The van der Waals surface area contributed by atoms with E-state index in [-0.39, 0.29) is 54.3 Å². The van der Waals surface area contributed by atoms with Gasteiger partial charge in [-0.25, -0.2) is 0 Å². The van der Waals surface area contributed by atoms with E-state index in [1.54, 1.807) is 0 Å². The van der Waals surface area contributed by atoms with Crippen molar-refractivity contribution in [2.24, 2.45) is 0 Å². The molecule has 0 amide bonds. The molecule has 0 atom stereocenters. The average Bonchev–Trinajstić information content (AvgIpc) is 3.07. The highest BCUT2D eigenvalue weighted by atomic mass is 32.2. The summed E-state index contributed by atoms with van der Waals surface area (Å²) < 4.78 is 0. The van der Waals surface area contributed by atoms with Crippen molar-refractivity contribution in [3.05, 3.63) is 72.8 Å². The highest BCUT2D eigenvalue weighted by Crippen LogP contribution is 2.51. The maximum absolute atomic E-state index is 11.4. The van der Waals surface area contributed by atoms with Gasteiger partial charge in [0.05, 0.1) is 0 Å². The van der Waals surface area contributed by atoms with E-state index in [0.717, 1.165) is 60.3 Å². The zero-order valence-corrected chi connectivity index (χ0v) is 26.4. The van der Waals surface area contributed by atoms with Crippen LogP contribution in [0.2, 0.25) is 0 Å². The highest BCUT2D eigenvalue weighted by Gasteiger charge is 2.22. The predicted octanol–water partition coefficient (Wildman–Crippen LogP) is 6.38. The topological polar surface area (TPSA) is 283 Å². The first-order valence-corrected chi connectivity index (χ1v) is 15.3. The zero-order valence-electron chi connectivity index (χ0n) is 25.6. The maximum Gasteiger partial charge on any atom is 0.200 e. The molecule has 15 heteroatoms. The van der Waals surface area contributed by atoms with Crippen molar-refractivity contribution < 1.29 is 71.5 Å². The van der Waals surface area contributed by atoms with Crippen LogP contribution < -0.4 is 0 Å². The Bertz CT molecular complexity index is 1990. The van der Waals surface area contributed by atoms with Gasteiger partial charge >= 0.3 is 0 Å². The quantitative estimate of drug-likeness (QED) is 0.0833. The van der Waals surface area contributed by atoms with Gasteiger partial charge in [0, 0.05) is 32.0 Å². The second-order valence-corrected chi connectivity index (χ2v) is 12.4. The molecule has 0 bridgehead atoms. The van der Waals surface area contributed by atoms with Crippen LogP contribution in [0.25, 0.3) is 44.5 Å². The Labute approximate surface area is 290 Å². The Morgan fingerprint density at radius 3 is 0.588 bits per heavy atom. The molecule has 260 valence electrons. The zero-order chi connectivity index (χ0) is 37.0. The van der Waals surface area contributed by atoms with E-state index in [2.05, 4.69) is 0 Å². The fourth-order valence-corrected chi connectivity index (χ4v) is 6.37. The number of phenolic OH excluding ortho intramolecular Hbond substituents is 14. The number of benzene rings is 6. The molecule has 14 nitrogen and oxygen atoms in total. The lowest BCUT2D eigenvalue weighted by Crippen LogP contribution is -1.90. The Hall–Kier alpha value is -7.13. The monoisotopic (exact) mass is 714 g/mol. The second kappa shape index (κ2) is 12.4. The van der Waals surface area contributed by atoms with Crippen molar-refractivity contribution in [2.75, 3.05) is 0 Å². The van der Waals surface area contributed by atoms with E-state index in [4.69, 9.17) is 0 Å². The van der Waals surface area contributed by atoms with Crippen LogP contribution in [0.1, 0.15) is 0 Å². The molecule has 0 radical (unpaired) electrons. The molecule has 6 rings (SSSR count). The Kier molecular flexibility index (Phi) is 8.20. The molecule has 0 saturated carbocycles. The van der Waals surface area contributed by atoms with Gasteiger partial charge in [-0.2, -0.15) is 0 Å². The number of aromatic hydroxyl groups is 14. The van der Waals surface area contributed by atoms with Gasteiger partial charge < -0.3 is 71.5 Å². The number of hydrogen-bond donors (Lipinski definition) is 14. The van der Waals surface area contributed by atoms with Crippen LogP contribution in [-0.4, -0.2) is 71.5 Å². The molecular formula is C36H26O14S. The molecule has 14 N–H and O–H groups in total. The summed E-state index contributed by atoms with van der Waals surface area (Å²) in [5.41, 5.74) is -0.104. The summed E-state index contributed by atoms with van der Waals surface area (Å²) in [6.07, 6.45) is 0. The van der Waals surface area contributed by atoms with Crippen LogP contribution in [0.15, 0.2) is 82.6 Å². The summed E-state index contributed by atoms with van der Waals surface area (Å²) in [5, 5.41) is 144. The largest absolute Gasteiger partial charge is 0.507 e. The fraction of sp³-hybridized carbons (Fsp3) is 0. The van der Waals surface area contributed by atoms with E-state index >= 15 is 0 Å². The highest BCUT2D eigenvalue weighted by molar-refractivity contribution is 7.99. The molecule has 0 spiro atoms. The van der Waals surface area contributed by atoms with Crippen molar-refractivity contribution in [2.45, 2.75) is 9.79 Å². The van der Waals surface area contributed by atoms with Gasteiger partial charge in [-0.1, -0.05) is 11.8 Å². The summed E-state index contributed by atoms with van der Waals surface area (Å²) in [7, 11) is 0. The molecule has 0 fully saturated rings. The van der Waals surface area contributed by atoms with Gasteiger partial charge in [-0.3, -0.25) is 0 Å². The smallest absolute Gasteiger partial charge is 0.200 e. The Morgan fingerprint density at radius 2 is 0.412 bits per heavy atom. The van der Waals surface area contributed by atoms with Crippen LogP contribution in [-0.2, 0) is 0 Å². The lowest BCUT2D eigenvalue weighted by molar-refractivity contribution is 0.368. The van der Waals surface area contributed by atoms with Crippen LogP contribution in [0, 0.1) is 0 Å². The minimum absolute atomic E-state index is 0.00777. The molecule has 0 heterocycles. The van der Waals surface area contributed by atoms with E-state index in [1.165, 1.54) is 24.3 Å². The SMILES string of the molecule is Oc1cc(-c2cc(Sc3cc(-c4cc(O)c(O)c(O)c4)c(O)c(-c4cc(O)c(O)c(O)c4)c3)cc(-c3cc(O)c(O)c(O)c3)c2O)cc(O)c1O. The van der Waals surface area contributed by atoms with Crippen LogP contribution >= 0.6 is 11.8 Å². The van der Waals surface area contributed by atoms with Crippen molar-refractivity contribution in [3.63, 3.8) is 0 Å². The van der Waals surface area contributed by atoms with Gasteiger partial charge in [0.15, 0.2) is 69.0 Å². The normalized spacial score (nSPS) is 11.1. The van der Waals surface area contributed by atoms with Gasteiger partial charge in [-0.15, -0.1) is 0 Å². The van der Waals surface area contributed by atoms with E-state index in [0.29, 0.717) is 0 Å². The van der Waals surface area contributed by atoms with E-state index in [1.807, 2.05) is 0 Å². The predicted molar refractivity (Wildman–Crippen MR) is 182 cm³/mol. The van der Waals surface area contributed by atoms with Gasteiger partial charge in [0.25, 0.3) is 0 Å². The van der Waals surface area contributed by atoms with Crippen molar-refractivity contribution in [1.29, 1.82) is 0 Å². The lowest BCUT2D eigenvalue weighted by atomic mass is 9.96. The van der Waals surface area contributed by atoms with Crippen molar-refractivity contribution >= 4 is 11.8 Å². The minimum Gasteiger partial charge on any atom is -0.507 e.